The number of aromatic nitrogens is 2. The van der Waals surface area contributed by atoms with E-state index in [1.165, 1.54) is 6.20 Å². The van der Waals surface area contributed by atoms with E-state index in [2.05, 4.69) is 20.8 Å². The number of nitrogens with one attached hydrogen (secondary N) is 3. The van der Waals surface area contributed by atoms with E-state index in [0.717, 1.165) is 18.4 Å². The van der Waals surface area contributed by atoms with Crippen LogP contribution in [0.5, 0.6) is 0 Å². The molecular formula is C16H18N4O2. The van der Waals surface area contributed by atoms with Gasteiger partial charge >= 0.3 is 0 Å². The number of amides is 2. The van der Waals surface area contributed by atoms with Crippen LogP contribution in [0.15, 0.2) is 42.6 Å². The van der Waals surface area contributed by atoms with Crippen LogP contribution < -0.4 is 10.6 Å². The van der Waals surface area contributed by atoms with Crippen molar-refractivity contribution >= 4 is 11.8 Å². The first kappa shape index (κ1) is 14.3. The molecule has 2 aromatic rings. The fourth-order valence-corrected chi connectivity index (χ4v) is 2.21. The second-order valence-electron chi connectivity index (χ2n) is 5.47. The Morgan fingerprint density at radius 3 is 2.64 bits per heavy atom. The highest BCUT2D eigenvalue weighted by atomic mass is 16.2. The molecule has 3 rings (SSSR count). The van der Waals surface area contributed by atoms with E-state index in [9.17, 15) is 9.59 Å². The standard InChI is InChI=1S/C16H18N4O2/c21-15(13-8-9-17-20-13)19-14(16(22)18-12-6-7-12)10-11-4-2-1-3-5-11/h1-5,8-9,12,14H,6-7,10H2,(H,17,20)(H,18,22)(H,19,21)/t14-/m1/s1. The van der Waals surface area contributed by atoms with Crippen LogP contribution in [0.1, 0.15) is 28.9 Å². The zero-order chi connectivity index (χ0) is 15.4. The van der Waals surface area contributed by atoms with Gasteiger partial charge in [-0.25, -0.2) is 0 Å². The van der Waals surface area contributed by atoms with Crippen LogP contribution in [0.4, 0.5) is 0 Å². The topological polar surface area (TPSA) is 86.9 Å². The summed E-state index contributed by atoms with van der Waals surface area (Å²) in [4.78, 5) is 24.5. The van der Waals surface area contributed by atoms with Crippen LogP contribution in [0.2, 0.25) is 0 Å². The predicted octanol–water partition coefficient (Wildman–Crippen LogP) is 1.03. The molecule has 0 bridgehead atoms. The minimum Gasteiger partial charge on any atom is -0.352 e. The number of carbonyl (C=O) groups excluding carboxylic acids is 2. The van der Waals surface area contributed by atoms with Crippen LogP contribution in [0, 0.1) is 0 Å². The van der Waals surface area contributed by atoms with Gasteiger partial charge in [0.05, 0.1) is 0 Å². The molecule has 6 nitrogen and oxygen atoms in total. The second-order valence-corrected chi connectivity index (χ2v) is 5.47. The Bertz CT molecular complexity index is 635. The molecule has 0 spiro atoms. The second kappa shape index (κ2) is 6.43. The molecule has 1 aliphatic rings. The third kappa shape index (κ3) is 3.72. The summed E-state index contributed by atoms with van der Waals surface area (Å²) < 4.78 is 0. The summed E-state index contributed by atoms with van der Waals surface area (Å²) >= 11 is 0. The minimum absolute atomic E-state index is 0.140. The normalized spacial score (nSPS) is 15.1. The van der Waals surface area contributed by atoms with Crippen LogP contribution in [0.3, 0.4) is 0 Å². The molecule has 3 N–H and O–H groups in total. The SMILES string of the molecule is O=C(N[C@H](Cc1ccccc1)C(=O)NC1CC1)c1ccn[nH]1. The number of H-pyrrole nitrogens is 1. The van der Waals surface area contributed by atoms with E-state index < -0.39 is 6.04 Å². The molecule has 0 unspecified atom stereocenters. The van der Waals surface area contributed by atoms with Gasteiger partial charge in [-0.3, -0.25) is 14.7 Å². The molecular weight excluding hydrogens is 280 g/mol. The Morgan fingerprint density at radius 2 is 2.00 bits per heavy atom. The lowest BCUT2D eigenvalue weighted by Gasteiger charge is -2.18. The molecule has 0 saturated heterocycles. The van der Waals surface area contributed by atoms with Gasteiger partial charge in [0, 0.05) is 18.7 Å². The van der Waals surface area contributed by atoms with Crippen molar-refractivity contribution in [3.05, 3.63) is 53.9 Å². The molecule has 1 aromatic carbocycles. The maximum atomic E-state index is 12.4. The van der Waals surface area contributed by atoms with Crippen molar-refractivity contribution in [3.63, 3.8) is 0 Å². The fraction of sp³-hybridized carbons (Fsp3) is 0.312. The minimum atomic E-state index is -0.598. The van der Waals surface area contributed by atoms with E-state index in [1.807, 2.05) is 30.3 Å². The van der Waals surface area contributed by atoms with Gasteiger partial charge in [0.25, 0.3) is 5.91 Å². The zero-order valence-corrected chi connectivity index (χ0v) is 12.1. The molecule has 114 valence electrons. The summed E-state index contributed by atoms with van der Waals surface area (Å²) in [5.41, 5.74) is 1.35. The molecule has 1 aromatic heterocycles. The molecule has 1 atom stereocenters. The van der Waals surface area contributed by atoms with Crippen LogP contribution in [-0.2, 0) is 11.2 Å². The smallest absolute Gasteiger partial charge is 0.269 e. The average Bonchev–Trinajstić information content (AvgIpc) is 3.17. The third-order valence-corrected chi connectivity index (χ3v) is 3.57. The molecule has 1 heterocycles. The lowest BCUT2D eigenvalue weighted by molar-refractivity contribution is -0.123. The summed E-state index contributed by atoms with van der Waals surface area (Å²) in [5, 5.41) is 12.1. The number of benzene rings is 1. The van der Waals surface area contributed by atoms with Gasteiger partial charge in [0.1, 0.15) is 11.7 Å². The molecule has 6 heteroatoms. The quantitative estimate of drug-likeness (QED) is 0.744. The van der Waals surface area contributed by atoms with Gasteiger partial charge in [-0.05, 0) is 24.5 Å². The maximum Gasteiger partial charge on any atom is 0.269 e. The number of hydrogen-bond acceptors (Lipinski definition) is 3. The third-order valence-electron chi connectivity index (χ3n) is 3.57. The summed E-state index contributed by atoms with van der Waals surface area (Å²) in [7, 11) is 0. The lowest BCUT2D eigenvalue weighted by Crippen LogP contribution is -2.48. The summed E-state index contributed by atoms with van der Waals surface area (Å²) in [6.45, 7) is 0. The van der Waals surface area contributed by atoms with Gasteiger partial charge in [0.15, 0.2) is 0 Å². The van der Waals surface area contributed by atoms with Crippen molar-refractivity contribution in [2.24, 2.45) is 0 Å². The van der Waals surface area contributed by atoms with Crippen molar-refractivity contribution in [1.29, 1.82) is 0 Å². The first-order valence-corrected chi connectivity index (χ1v) is 7.37. The van der Waals surface area contributed by atoms with E-state index in [0.29, 0.717) is 12.1 Å². The first-order chi connectivity index (χ1) is 10.7. The molecule has 22 heavy (non-hydrogen) atoms. The van der Waals surface area contributed by atoms with E-state index in [1.54, 1.807) is 6.07 Å². The summed E-state index contributed by atoms with van der Waals surface area (Å²) in [6.07, 6.45) is 3.99. The number of aromatic amines is 1. The molecule has 1 aliphatic carbocycles. The highest BCUT2D eigenvalue weighted by Gasteiger charge is 2.28. The van der Waals surface area contributed by atoms with Crippen LogP contribution in [0.25, 0.3) is 0 Å². The van der Waals surface area contributed by atoms with Gasteiger partial charge < -0.3 is 10.6 Å². The monoisotopic (exact) mass is 298 g/mol. The van der Waals surface area contributed by atoms with Crippen LogP contribution >= 0.6 is 0 Å². The van der Waals surface area contributed by atoms with Gasteiger partial charge in [-0.15, -0.1) is 0 Å². The first-order valence-electron chi connectivity index (χ1n) is 7.37. The number of nitrogens with zero attached hydrogens (tertiary/aromatic N) is 1. The van der Waals surface area contributed by atoms with Crippen molar-refractivity contribution in [2.75, 3.05) is 0 Å². The fourth-order valence-electron chi connectivity index (χ4n) is 2.21. The predicted molar refractivity (Wildman–Crippen MR) is 81.2 cm³/mol. The Hall–Kier alpha value is -2.63. The number of hydrogen-bond donors (Lipinski definition) is 3. The van der Waals surface area contributed by atoms with Crippen molar-refractivity contribution in [2.45, 2.75) is 31.3 Å². The largest absolute Gasteiger partial charge is 0.352 e. The Balaban J connectivity index is 1.70. The molecule has 2 amide bonds. The van der Waals surface area contributed by atoms with Gasteiger partial charge in [-0.2, -0.15) is 5.10 Å². The number of rotatable bonds is 6. The lowest BCUT2D eigenvalue weighted by atomic mass is 10.0. The summed E-state index contributed by atoms with van der Waals surface area (Å²) in [6, 6.07) is 10.9. The average molecular weight is 298 g/mol. The van der Waals surface area contributed by atoms with E-state index >= 15 is 0 Å². The summed E-state index contributed by atoms with van der Waals surface area (Å²) in [5.74, 6) is -0.469. The van der Waals surface area contributed by atoms with Crippen molar-refractivity contribution in [3.8, 4) is 0 Å². The van der Waals surface area contributed by atoms with Crippen molar-refractivity contribution in [1.82, 2.24) is 20.8 Å². The highest BCUT2D eigenvalue weighted by Crippen LogP contribution is 2.19. The van der Waals surface area contributed by atoms with Crippen LogP contribution in [-0.4, -0.2) is 34.1 Å². The van der Waals surface area contributed by atoms with Gasteiger partial charge in [-0.1, -0.05) is 30.3 Å². The number of carbonyl (C=O) groups is 2. The maximum absolute atomic E-state index is 12.4. The molecule has 1 fully saturated rings. The molecule has 0 aliphatic heterocycles. The van der Waals surface area contributed by atoms with E-state index in [4.69, 9.17) is 0 Å². The molecule has 0 radical (unpaired) electrons. The molecule has 1 saturated carbocycles. The van der Waals surface area contributed by atoms with Gasteiger partial charge in [0.2, 0.25) is 5.91 Å². The zero-order valence-electron chi connectivity index (χ0n) is 12.1. The Kier molecular flexibility index (Phi) is 4.18. The Labute approximate surface area is 128 Å². The van der Waals surface area contributed by atoms with Crippen molar-refractivity contribution < 1.29 is 9.59 Å². The Morgan fingerprint density at radius 1 is 1.23 bits per heavy atom. The highest BCUT2D eigenvalue weighted by molar-refractivity contribution is 5.96. The van der Waals surface area contributed by atoms with E-state index in [-0.39, 0.29) is 17.9 Å².